The second kappa shape index (κ2) is 10.0. The minimum Gasteiger partial charge on any atom is -0.507 e. The first-order valence-electron chi connectivity index (χ1n) is 12.0. The van der Waals surface area contributed by atoms with Gasteiger partial charge in [-0.3, -0.25) is 19.5 Å². The summed E-state index contributed by atoms with van der Waals surface area (Å²) in [4.78, 5) is 31.9. The Morgan fingerprint density at radius 1 is 1.05 bits per heavy atom. The number of sulfonamides is 1. The van der Waals surface area contributed by atoms with Gasteiger partial charge in [-0.1, -0.05) is 20.8 Å². The summed E-state index contributed by atoms with van der Waals surface area (Å²) in [5.41, 5.74) is 1.57. The fraction of sp³-hybridized carbons (Fsp3) is 0.250. The molecule has 1 aliphatic rings. The van der Waals surface area contributed by atoms with Crippen LogP contribution in [-0.2, 0) is 25.0 Å². The molecule has 4 rings (SSSR count). The molecule has 1 amide bonds. The van der Waals surface area contributed by atoms with Crippen LogP contribution in [0.2, 0.25) is 0 Å². The first-order chi connectivity index (χ1) is 17.8. The average molecular weight is 536 g/mol. The van der Waals surface area contributed by atoms with Gasteiger partial charge in [0.2, 0.25) is 10.0 Å². The van der Waals surface area contributed by atoms with E-state index < -0.39 is 27.8 Å². The maximum Gasteiger partial charge on any atom is 0.300 e. The van der Waals surface area contributed by atoms with Crippen molar-refractivity contribution in [3.05, 3.63) is 89.3 Å². The maximum atomic E-state index is 13.4. The molecular weight excluding hydrogens is 506 g/mol. The van der Waals surface area contributed by atoms with E-state index in [1.54, 1.807) is 30.3 Å². The van der Waals surface area contributed by atoms with Crippen LogP contribution in [0.5, 0.6) is 5.75 Å². The summed E-state index contributed by atoms with van der Waals surface area (Å²) in [5, 5.41) is 16.7. The van der Waals surface area contributed by atoms with Crippen molar-refractivity contribution in [2.45, 2.75) is 44.0 Å². The molecule has 3 aromatic rings. The monoisotopic (exact) mass is 535 g/mol. The summed E-state index contributed by atoms with van der Waals surface area (Å²) in [6, 6.07) is 12.8. The van der Waals surface area contributed by atoms with E-state index in [4.69, 9.17) is 9.88 Å². The first kappa shape index (κ1) is 27.0. The second-order valence-electron chi connectivity index (χ2n) is 9.88. The predicted octanol–water partition coefficient (Wildman–Crippen LogP) is 4.05. The average Bonchev–Trinajstić information content (AvgIpc) is 3.13. The lowest BCUT2D eigenvalue weighted by Crippen LogP contribution is -2.29. The van der Waals surface area contributed by atoms with Gasteiger partial charge in [-0.05, 0) is 72.5 Å². The Kier molecular flexibility index (Phi) is 7.14. The molecule has 198 valence electrons. The molecule has 0 spiro atoms. The molecule has 1 atom stereocenters. The van der Waals surface area contributed by atoms with Crippen molar-refractivity contribution in [3.8, 4) is 5.75 Å². The molecule has 2 aromatic carbocycles. The standard InChI is InChI=1S/C28H29N3O6S/c1-5-37-22-11-6-18(16-21(22)28(2,3)4)25(32)23-24(17-12-14-30-15-13-17)31(27(34)26(23)33)19-7-9-20(10-8-19)38(29,35)36/h6-16,24,32H,5H2,1-4H3,(H2,29,35,36)/b25-23-. The Morgan fingerprint density at radius 2 is 1.68 bits per heavy atom. The number of nitrogens with zero attached hydrogens (tertiary/aromatic N) is 2. The van der Waals surface area contributed by atoms with Crippen LogP contribution >= 0.6 is 0 Å². The molecule has 10 heteroatoms. The third-order valence-corrected chi connectivity index (χ3v) is 7.20. The first-order valence-corrected chi connectivity index (χ1v) is 13.5. The van der Waals surface area contributed by atoms with Crippen molar-refractivity contribution in [1.29, 1.82) is 0 Å². The SMILES string of the molecule is CCOc1ccc(/C(O)=C2/C(=O)C(=O)N(c3ccc(S(N)(=O)=O)cc3)C2c2ccncc2)cc1C(C)(C)C. The zero-order valence-electron chi connectivity index (χ0n) is 21.5. The summed E-state index contributed by atoms with van der Waals surface area (Å²) < 4.78 is 29.2. The minimum atomic E-state index is -3.96. The molecule has 0 bridgehead atoms. The van der Waals surface area contributed by atoms with E-state index in [2.05, 4.69) is 4.98 Å². The molecular formula is C28H29N3O6S. The summed E-state index contributed by atoms with van der Waals surface area (Å²) in [7, 11) is -3.96. The number of anilines is 1. The van der Waals surface area contributed by atoms with Gasteiger partial charge in [0.25, 0.3) is 11.7 Å². The Balaban J connectivity index is 1.92. The Bertz CT molecular complexity index is 1530. The summed E-state index contributed by atoms with van der Waals surface area (Å²) in [6.07, 6.45) is 3.04. The number of ketones is 1. The van der Waals surface area contributed by atoms with Crippen LogP contribution in [0.3, 0.4) is 0 Å². The maximum absolute atomic E-state index is 13.4. The topological polar surface area (TPSA) is 140 Å². The number of carbonyl (C=O) groups is 2. The van der Waals surface area contributed by atoms with Crippen LogP contribution in [0.4, 0.5) is 5.69 Å². The number of hydrogen-bond donors (Lipinski definition) is 2. The van der Waals surface area contributed by atoms with E-state index >= 15 is 0 Å². The Hall–Kier alpha value is -4.02. The molecule has 1 unspecified atom stereocenters. The normalized spacial score (nSPS) is 17.6. The molecule has 0 radical (unpaired) electrons. The van der Waals surface area contributed by atoms with Gasteiger partial charge in [-0.2, -0.15) is 0 Å². The van der Waals surface area contributed by atoms with Crippen molar-refractivity contribution in [2.24, 2.45) is 5.14 Å². The lowest BCUT2D eigenvalue weighted by Gasteiger charge is -2.26. The van der Waals surface area contributed by atoms with E-state index in [0.717, 1.165) is 5.56 Å². The largest absolute Gasteiger partial charge is 0.507 e. The van der Waals surface area contributed by atoms with Crippen LogP contribution in [0.25, 0.3) is 5.76 Å². The lowest BCUT2D eigenvalue weighted by molar-refractivity contribution is -0.132. The zero-order valence-corrected chi connectivity index (χ0v) is 22.3. The van der Waals surface area contributed by atoms with Crippen molar-refractivity contribution >= 4 is 33.2 Å². The van der Waals surface area contributed by atoms with Gasteiger partial charge in [0.15, 0.2) is 0 Å². The molecule has 1 aliphatic heterocycles. The van der Waals surface area contributed by atoms with Crippen molar-refractivity contribution in [2.75, 3.05) is 11.5 Å². The predicted molar refractivity (Wildman–Crippen MR) is 143 cm³/mol. The number of aliphatic hydroxyl groups is 1. The zero-order chi connectivity index (χ0) is 27.8. The number of amides is 1. The summed E-state index contributed by atoms with van der Waals surface area (Å²) in [6.45, 7) is 8.37. The number of primary sulfonamides is 1. The van der Waals surface area contributed by atoms with Crippen molar-refractivity contribution in [1.82, 2.24) is 4.98 Å². The van der Waals surface area contributed by atoms with Gasteiger partial charge in [0.1, 0.15) is 11.5 Å². The number of nitrogens with two attached hydrogens (primary N) is 1. The number of aromatic nitrogens is 1. The van der Waals surface area contributed by atoms with E-state index in [9.17, 15) is 23.1 Å². The fourth-order valence-corrected chi connectivity index (χ4v) is 4.97. The van der Waals surface area contributed by atoms with E-state index in [1.807, 2.05) is 27.7 Å². The number of pyridine rings is 1. The Morgan fingerprint density at radius 3 is 2.24 bits per heavy atom. The minimum absolute atomic E-state index is 0.0965. The lowest BCUT2D eigenvalue weighted by atomic mass is 9.84. The van der Waals surface area contributed by atoms with Gasteiger partial charge >= 0.3 is 0 Å². The van der Waals surface area contributed by atoms with E-state index in [1.165, 1.54) is 41.6 Å². The van der Waals surface area contributed by atoms with Crippen LogP contribution in [0.1, 0.15) is 50.4 Å². The number of ether oxygens (including phenoxy) is 1. The second-order valence-corrected chi connectivity index (χ2v) is 11.4. The van der Waals surface area contributed by atoms with Crippen LogP contribution in [0, 0.1) is 0 Å². The van der Waals surface area contributed by atoms with Gasteiger partial charge < -0.3 is 9.84 Å². The van der Waals surface area contributed by atoms with Crippen molar-refractivity contribution in [3.63, 3.8) is 0 Å². The van der Waals surface area contributed by atoms with Crippen LogP contribution in [-0.4, -0.2) is 36.8 Å². The van der Waals surface area contributed by atoms with Crippen LogP contribution in [0.15, 0.2) is 77.5 Å². The third kappa shape index (κ3) is 5.05. The van der Waals surface area contributed by atoms with Crippen LogP contribution < -0.4 is 14.8 Å². The van der Waals surface area contributed by atoms with Gasteiger partial charge in [-0.15, -0.1) is 0 Å². The summed E-state index contributed by atoms with van der Waals surface area (Å²) >= 11 is 0. The van der Waals surface area contributed by atoms with Crippen molar-refractivity contribution < 1.29 is 27.9 Å². The summed E-state index contributed by atoms with van der Waals surface area (Å²) in [5.74, 6) is -1.40. The highest BCUT2D eigenvalue weighted by molar-refractivity contribution is 7.89. The number of aliphatic hydroxyl groups excluding tert-OH is 1. The molecule has 0 aliphatic carbocycles. The smallest absolute Gasteiger partial charge is 0.300 e. The molecule has 0 saturated carbocycles. The number of benzene rings is 2. The van der Waals surface area contributed by atoms with E-state index in [-0.39, 0.29) is 27.3 Å². The quantitative estimate of drug-likeness (QED) is 0.276. The molecule has 1 saturated heterocycles. The molecule has 2 heterocycles. The molecule has 1 fully saturated rings. The number of hydrogen-bond acceptors (Lipinski definition) is 7. The molecule has 1 aromatic heterocycles. The molecule has 9 nitrogen and oxygen atoms in total. The third-order valence-electron chi connectivity index (χ3n) is 6.27. The number of Topliss-reactive ketones (excluding diaryl/α,β-unsaturated/α-hetero) is 1. The molecule has 3 N–H and O–H groups in total. The Labute approximate surface area is 221 Å². The highest BCUT2D eigenvalue weighted by Crippen LogP contribution is 2.43. The van der Waals surface area contributed by atoms with Gasteiger partial charge in [0.05, 0.1) is 23.1 Å². The number of carbonyl (C=O) groups excluding carboxylic acids is 2. The van der Waals surface area contributed by atoms with E-state index in [0.29, 0.717) is 23.5 Å². The highest BCUT2D eigenvalue weighted by Gasteiger charge is 2.47. The number of rotatable bonds is 6. The molecule has 38 heavy (non-hydrogen) atoms. The van der Waals surface area contributed by atoms with Gasteiger partial charge in [-0.25, -0.2) is 13.6 Å². The fourth-order valence-electron chi connectivity index (χ4n) is 4.46. The highest BCUT2D eigenvalue weighted by atomic mass is 32.2. The van der Waals surface area contributed by atoms with Gasteiger partial charge in [0, 0.05) is 29.2 Å².